The van der Waals surface area contributed by atoms with E-state index in [0.717, 1.165) is 12.1 Å². The third-order valence-corrected chi connectivity index (χ3v) is 6.32. The highest BCUT2D eigenvalue weighted by Crippen LogP contribution is 2.68. The topological polar surface area (TPSA) is 59.0 Å². The van der Waals surface area contributed by atoms with Gasteiger partial charge in [-0.05, 0) is 37.3 Å². The summed E-state index contributed by atoms with van der Waals surface area (Å²) in [4.78, 5) is 14.9. The van der Waals surface area contributed by atoms with Crippen molar-refractivity contribution < 1.29 is 19.4 Å². The van der Waals surface area contributed by atoms with Gasteiger partial charge in [-0.2, -0.15) is 0 Å². The van der Waals surface area contributed by atoms with E-state index in [0.29, 0.717) is 11.7 Å². The zero-order chi connectivity index (χ0) is 15.2. The van der Waals surface area contributed by atoms with Gasteiger partial charge in [0.1, 0.15) is 11.5 Å². The maximum Gasteiger partial charge on any atom is 0.233 e. The van der Waals surface area contributed by atoms with E-state index in [4.69, 9.17) is 9.47 Å². The molecule has 2 saturated carbocycles. The molecular weight excluding hydrogens is 282 g/mol. The molecule has 0 aromatic heterocycles. The highest BCUT2D eigenvalue weighted by atomic mass is 16.6. The van der Waals surface area contributed by atoms with Crippen LogP contribution in [0.4, 0.5) is 5.69 Å². The molecule has 1 aromatic carbocycles. The number of benzene rings is 1. The molecule has 2 saturated heterocycles. The van der Waals surface area contributed by atoms with E-state index >= 15 is 0 Å². The van der Waals surface area contributed by atoms with Crippen molar-refractivity contribution in [3.05, 3.63) is 24.3 Å². The van der Waals surface area contributed by atoms with E-state index in [2.05, 4.69) is 0 Å². The van der Waals surface area contributed by atoms with Gasteiger partial charge in [-0.15, -0.1) is 0 Å². The number of anilines is 1. The summed E-state index contributed by atoms with van der Waals surface area (Å²) in [7, 11) is 1.61. The van der Waals surface area contributed by atoms with E-state index in [1.807, 2.05) is 31.2 Å². The van der Waals surface area contributed by atoms with Crippen molar-refractivity contribution in [1.29, 1.82) is 0 Å². The number of aliphatic hydroxyl groups is 1. The summed E-state index contributed by atoms with van der Waals surface area (Å²) in [6.45, 7) is 2.00. The molecule has 0 spiro atoms. The summed E-state index contributed by atoms with van der Waals surface area (Å²) in [5, 5.41) is 10.4. The highest BCUT2D eigenvalue weighted by Gasteiger charge is 2.77. The van der Waals surface area contributed by atoms with Gasteiger partial charge in [0.25, 0.3) is 0 Å². The van der Waals surface area contributed by atoms with Crippen LogP contribution in [0.15, 0.2) is 24.3 Å². The first-order valence-electron chi connectivity index (χ1n) is 7.91. The molecule has 22 heavy (non-hydrogen) atoms. The van der Waals surface area contributed by atoms with Gasteiger partial charge >= 0.3 is 0 Å². The van der Waals surface area contributed by atoms with E-state index in [1.165, 1.54) is 0 Å². The molecule has 7 atom stereocenters. The smallest absolute Gasteiger partial charge is 0.233 e. The lowest BCUT2D eigenvalue weighted by atomic mass is 9.77. The van der Waals surface area contributed by atoms with Crippen LogP contribution in [-0.2, 0) is 9.53 Å². The molecule has 4 fully saturated rings. The Balaban J connectivity index is 1.67. The van der Waals surface area contributed by atoms with Gasteiger partial charge < -0.3 is 14.6 Å². The quantitative estimate of drug-likeness (QED) is 0.897. The normalized spacial score (nSPS) is 47.6. The van der Waals surface area contributed by atoms with Crippen molar-refractivity contribution in [3.8, 4) is 5.75 Å². The molecule has 2 aliphatic carbocycles. The fourth-order valence-electron chi connectivity index (χ4n) is 5.65. The second kappa shape index (κ2) is 3.84. The molecule has 2 bridgehead atoms. The van der Waals surface area contributed by atoms with Gasteiger partial charge in [-0.25, -0.2) is 0 Å². The first-order chi connectivity index (χ1) is 10.6. The van der Waals surface area contributed by atoms with Crippen LogP contribution in [0.25, 0.3) is 0 Å². The lowest BCUT2D eigenvalue weighted by Crippen LogP contribution is -2.49. The lowest BCUT2D eigenvalue weighted by Gasteiger charge is -2.36. The van der Waals surface area contributed by atoms with Crippen LogP contribution in [0.3, 0.4) is 0 Å². The predicted molar refractivity (Wildman–Crippen MR) is 78.3 cm³/mol. The van der Waals surface area contributed by atoms with Gasteiger partial charge in [0.2, 0.25) is 5.91 Å². The molecule has 2 aliphatic heterocycles. The van der Waals surface area contributed by atoms with Crippen LogP contribution in [0, 0.1) is 23.7 Å². The lowest BCUT2D eigenvalue weighted by molar-refractivity contribution is -0.131. The number of fused-ring (bicyclic) bond motifs is 2. The van der Waals surface area contributed by atoms with Crippen molar-refractivity contribution in [2.45, 2.75) is 31.3 Å². The summed E-state index contributed by atoms with van der Waals surface area (Å²) in [5.74, 6) is 1.17. The number of carbonyl (C=O) groups excluding carboxylic acids is 1. The van der Waals surface area contributed by atoms with Gasteiger partial charge in [0, 0.05) is 5.92 Å². The average Bonchev–Trinajstić information content (AvgIpc) is 3.16. The monoisotopic (exact) mass is 301 g/mol. The standard InChI is InChI=1S/C17H19NO4/c1-17-13-9-7-8(14(19)15(9)22-17)12(13)16(20)18(17)10-5-3-4-6-11(10)21-2/h3-6,8-9,12-15,19H,7H2,1-2H3. The molecule has 116 valence electrons. The number of rotatable bonds is 2. The number of hydrogen-bond acceptors (Lipinski definition) is 4. The molecule has 1 N–H and O–H groups in total. The first-order valence-corrected chi connectivity index (χ1v) is 7.91. The molecule has 5 nitrogen and oxygen atoms in total. The van der Waals surface area contributed by atoms with E-state index in [-0.39, 0.29) is 29.8 Å². The fourth-order valence-corrected chi connectivity index (χ4v) is 5.65. The Hall–Kier alpha value is -1.59. The molecule has 5 rings (SSSR count). The van der Waals surface area contributed by atoms with Crippen LogP contribution in [0.5, 0.6) is 5.75 Å². The van der Waals surface area contributed by atoms with Crippen LogP contribution >= 0.6 is 0 Å². The molecule has 0 radical (unpaired) electrons. The summed E-state index contributed by atoms with van der Waals surface area (Å²) in [6.07, 6.45) is 0.306. The summed E-state index contributed by atoms with van der Waals surface area (Å²) < 4.78 is 11.7. The molecule has 7 unspecified atom stereocenters. The van der Waals surface area contributed by atoms with Gasteiger partial charge in [-0.1, -0.05) is 12.1 Å². The SMILES string of the molecule is COc1ccccc1N1C(=O)C2C3CC4C(OC1(C)C42)C3O. The second-order valence-corrected chi connectivity index (χ2v) is 7.09. The minimum atomic E-state index is -0.669. The van der Waals surface area contributed by atoms with Gasteiger partial charge in [-0.3, -0.25) is 9.69 Å². The van der Waals surface area contributed by atoms with Crippen molar-refractivity contribution in [3.63, 3.8) is 0 Å². The third-order valence-electron chi connectivity index (χ3n) is 6.32. The molecule has 1 amide bonds. The van der Waals surface area contributed by atoms with Crippen molar-refractivity contribution in [1.82, 2.24) is 0 Å². The number of methoxy groups -OCH3 is 1. The Morgan fingerprint density at radius 2 is 2.14 bits per heavy atom. The molecular formula is C17H19NO4. The van der Waals surface area contributed by atoms with Crippen LogP contribution in [0.2, 0.25) is 0 Å². The van der Waals surface area contributed by atoms with Crippen molar-refractivity contribution in [2.75, 3.05) is 12.0 Å². The summed E-state index contributed by atoms with van der Waals surface area (Å²) in [5.41, 5.74) is 0.0965. The zero-order valence-corrected chi connectivity index (χ0v) is 12.6. The maximum absolute atomic E-state index is 13.1. The minimum Gasteiger partial charge on any atom is -0.495 e. The Bertz CT molecular complexity index is 676. The fraction of sp³-hybridized carbons (Fsp3) is 0.588. The maximum atomic E-state index is 13.1. The van der Waals surface area contributed by atoms with Crippen molar-refractivity contribution >= 4 is 11.6 Å². The van der Waals surface area contributed by atoms with Gasteiger partial charge in [0.05, 0.1) is 30.9 Å². The zero-order valence-electron chi connectivity index (χ0n) is 12.6. The average molecular weight is 301 g/mol. The number of para-hydroxylation sites is 2. The van der Waals surface area contributed by atoms with E-state index < -0.39 is 11.8 Å². The van der Waals surface area contributed by atoms with Crippen LogP contribution in [-0.4, -0.2) is 36.1 Å². The van der Waals surface area contributed by atoms with Crippen LogP contribution in [0.1, 0.15) is 13.3 Å². The van der Waals surface area contributed by atoms with E-state index in [1.54, 1.807) is 12.0 Å². The second-order valence-electron chi connectivity index (χ2n) is 7.09. The largest absolute Gasteiger partial charge is 0.495 e. The Morgan fingerprint density at radius 3 is 2.91 bits per heavy atom. The van der Waals surface area contributed by atoms with Crippen LogP contribution < -0.4 is 9.64 Å². The van der Waals surface area contributed by atoms with Crippen molar-refractivity contribution in [2.24, 2.45) is 23.7 Å². The number of carbonyl (C=O) groups is 1. The number of ether oxygens (including phenoxy) is 2. The number of nitrogens with zero attached hydrogens (tertiary/aromatic N) is 1. The third kappa shape index (κ3) is 1.19. The summed E-state index contributed by atoms with van der Waals surface area (Å²) >= 11 is 0. The minimum absolute atomic E-state index is 0.0500. The molecule has 5 heteroatoms. The summed E-state index contributed by atoms with van der Waals surface area (Å²) in [6, 6.07) is 7.57. The Labute approximate surface area is 128 Å². The Morgan fingerprint density at radius 1 is 1.36 bits per heavy atom. The number of hydrogen-bond donors (Lipinski definition) is 1. The molecule has 4 aliphatic rings. The number of aliphatic hydroxyl groups excluding tert-OH is 1. The number of amides is 1. The van der Waals surface area contributed by atoms with E-state index in [9.17, 15) is 9.90 Å². The molecule has 2 heterocycles. The Kier molecular flexibility index (Phi) is 2.25. The van der Waals surface area contributed by atoms with Gasteiger partial charge in [0.15, 0.2) is 0 Å². The predicted octanol–water partition coefficient (Wildman–Crippen LogP) is 1.40. The molecule has 1 aromatic rings. The first kappa shape index (κ1) is 12.9. The highest BCUT2D eigenvalue weighted by molar-refractivity contribution is 6.01.